The molecule has 0 unspecified atom stereocenters. The Kier molecular flexibility index (Phi) is 7.83. The molecule has 0 spiro atoms. The number of ether oxygens (including phenoxy) is 1. The fraction of sp³-hybridized carbons (Fsp3) is 0.0435. The number of amides is 2. The van der Waals surface area contributed by atoms with Crippen LogP contribution in [0.5, 0.6) is 5.75 Å². The van der Waals surface area contributed by atoms with Crippen molar-refractivity contribution in [2.24, 2.45) is 5.10 Å². The smallest absolute Gasteiger partial charge is 0.350 e. The van der Waals surface area contributed by atoms with Crippen LogP contribution in [0.2, 0.25) is 0 Å². The van der Waals surface area contributed by atoms with Crippen LogP contribution in [0, 0.1) is 10.1 Å². The summed E-state index contributed by atoms with van der Waals surface area (Å²) < 4.78 is 6.18. The van der Waals surface area contributed by atoms with Crippen molar-refractivity contribution in [1.82, 2.24) is 5.43 Å². The van der Waals surface area contributed by atoms with Gasteiger partial charge in [-0.1, -0.05) is 40.2 Å². The number of halogens is 1. The zero-order valence-corrected chi connectivity index (χ0v) is 19.2. The molecule has 3 rings (SSSR count). The van der Waals surface area contributed by atoms with Crippen LogP contribution in [-0.2, 0) is 9.59 Å². The SMILES string of the molecule is C/C(=N\NC(=O)C(=O)Nc1ccc(Br)cc1)c1ccccc1OC(=O)c1ccccc1[N+](=O)[O-]. The summed E-state index contributed by atoms with van der Waals surface area (Å²) in [6.07, 6.45) is 0. The fourth-order valence-electron chi connectivity index (χ4n) is 2.78. The van der Waals surface area contributed by atoms with Crippen molar-refractivity contribution in [3.63, 3.8) is 0 Å². The summed E-state index contributed by atoms with van der Waals surface area (Å²) in [4.78, 5) is 47.3. The second kappa shape index (κ2) is 11.0. The molecular weight excluding hydrogens is 508 g/mol. The Morgan fingerprint density at radius 2 is 1.53 bits per heavy atom. The van der Waals surface area contributed by atoms with Gasteiger partial charge in [-0.15, -0.1) is 0 Å². The summed E-state index contributed by atoms with van der Waals surface area (Å²) in [7, 11) is 0. The largest absolute Gasteiger partial charge is 0.422 e. The molecule has 0 aliphatic carbocycles. The first-order chi connectivity index (χ1) is 16.3. The number of para-hydroxylation sites is 2. The maximum absolute atomic E-state index is 12.6. The number of hydrogen-bond acceptors (Lipinski definition) is 7. The maximum atomic E-state index is 12.6. The quantitative estimate of drug-likeness (QED) is 0.124. The highest BCUT2D eigenvalue weighted by atomic mass is 79.9. The molecule has 11 heteroatoms. The Hall–Kier alpha value is -4.38. The maximum Gasteiger partial charge on any atom is 0.350 e. The average Bonchev–Trinajstić information content (AvgIpc) is 2.84. The lowest BCUT2D eigenvalue weighted by atomic mass is 10.1. The lowest BCUT2D eigenvalue weighted by molar-refractivity contribution is -0.385. The van der Waals surface area contributed by atoms with Crippen molar-refractivity contribution in [2.75, 3.05) is 5.32 Å². The monoisotopic (exact) mass is 524 g/mol. The van der Waals surface area contributed by atoms with E-state index in [4.69, 9.17) is 4.74 Å². The Morgan fingerprint density at radius 3 is 2.21 bits per heavy atom. The van der Waals surface area contributed by atoms with Gasteiger partial charge in [-0.25, -0.2) is 10.2 Å². The Labute approximate surface area is 201 Å². The van der Waals surface area contributed by atoms with E-state index < -0.39 is 22.7 Å². The molecule has 0 fully saturated rings. The van der Waals surface area contributed by atoms with Gasteiger partial charge in [0.15, 0.2) is 0 Å². The van der Waals surface area contributed by atoms with Gasteiger partial charge in [0.2, 0.25) is 0 Å². The summed E-state index contributed by atoms with van der Waals surface area (Å²) in [5.41, 5.74) is 2.54. The van der Waals surface area contributed by atoms with E-state index in [1.165, 1.54) is 37.3 Å². The number of carbonyl (C=O) groups is 3. The first kappa shape index (κ1) is 24.3. The zero-order valence-electron chi connectivity index (χ0n) is 17.7. The lowest BCUT2D eigenvalue weighted by Gasteiger charge is -2.10. The third-order valence-corrected chi connectivity index (χ3v) is 4.96. The first-order valence-corrected chi connectivity index (χ1v) is 10.5. The predicted molar refractivity (Wildman–Crippen MR) is 128 cm³/mol. The van der Waals surface area contributed by atoms with Gasteiger partial charge >= 0.3 is 17.8 Å². The van der Waals surface area contributed by atoms with Crippen molar-refractivity contribution < 1.29 is 24.0 Å². The average molecular weight is 525 g/mol. The van der Waals surface area contributed by atoms with E-state index in [1.54, 1.807) is 42.5 Å². The molecule has 3 aromatic carbocycles. The number of carbonyl (C=O) groups excluding carboxylic acids is 3. The summed E-state index contributed by atoms with van der Waals surface area (Å²) in [5.74, 6) is -2.78. The van der Waals surface area contributed by atoms with Crippen LogP contribution < -0.4 is 15.5 Å². The van der Waals surface area contributed by atoms with Gasteiger partial charge in [0.1, 0.15) is 11.3 Å². The molecule has 0 aromatic heterocycles. The molecular formula is C23H17BrN4O6. The standard InChI is InChI=1S/C23H17BrN4O6/c1-14(26-27-22(30)21(29)25-16-12-10-15(24)11-13-16)17-6-3-5-9-20(17)34-23(31)18-7-2-4-8-19(18)28(32)33/h2-13H,1H3,(H,25,29)(H,27,30)/b26-14+. The highest BCUT2D eigenvalue weighted by Crippen LogP contribution is 2.23. The van der Waals surface area contributed by atoms with Crippen molar-refractivity contribution in [1.29, 1.82) is 0 Å². The van der Waals surface area contributed by atoms with Gasteiger partial charge in [-0.3, -0.25) is 19.7 Å². The molecule has 0 aliphatic heterocycles. The normalized spacial score (nSPS) is 10.8. The van der Waals surface area contributed by atoms with Crippen LogP contribution in [0.25, 0.3) is 0 Å². The number of esters is 1. The molecule has 0 atom stereocenters. The van der Waals surface area contributed by atoms with E-state index in [9.17, 15) is 24.5 Å². The van der Waals surface area contributed by atoms with Crippen LogP contribution in [0.1, 0.15) is 22.8 Å². The highest BCUT2D eigenvalue weighted by Gasteiger charge is 2.22. The first-order valence-electron chi connectivity index (χ1n) is 9.72. The van der Waals surface area contributed by atoms with Crippen LogP contribution in [0.15, 0.2) is 82.4 Å². The number of hydrazone groups is 1. The van der Waals surface area contributed by atoms with E-state index >= 15 is 0 Å². The third kappa shape index (κ3) is 6.11. The van der Waals surface area contributed by atoms with E-state index in [2.05, 4.69) is 31.8 Å². The van der Waals surface area contributed by atoms with Crippen LogP contribution in [0.4, 0.5) is 11.4 Å². The molecule has 0 radical (unpaired) electrons. The van der Waals surface area contributed by atoms with Crippen molar-refractivity contribution in [2.45, 2.75) is 6.92 Å². The number of hydrogen-bond donors (Lipinski definition) is 2. The minimum absolute atomic E-state index is 0.0699. The van der Waals surface area contributed by atoms with E-state index in [1.807, 2.05) is 0 Å². The molecule has 0 saturated heterocycles. The number of nitro benzene ring substituents is 1. The molecule has 34 heavy (non-hydrogen) atoms. The fourth-order valence-corrected chi connectivity index (χ4v) is 3.05. The number of anilines is 1. The zero-order chi connectivity index (χ0) is 24.7. The van der Waals surface area contributed by atoms with Gasteiger partial charge < -0.3 is 10.1 Å². The van der Waals surface area contributed by atoms with Crippen molar-refractivity contribution in [3.05, 3.63) is 98.5 Å². The minimum Gasteiger partial charge on any atom is -0.422 e. The molecule has 0 bridgehead atoms. The molecule has 3 aromatic rings. The van der Waals surface area contributed by atoms with Gasteiger partial charge in [0.25, 0.3) is 5.69 Å². The number of benzene rings is 3. The summed E-state index contributed by atoms with van der Waals surface area (Å²) >= 11 is 3.28. The molecule has 2 amide bonds. The van der Waals surface area contributed by atoms with Crippen LogP contribution >= 0.6 is 15.9 Å². The highest BCUT2D eigenvalue weighted by molar-refractivity contribution is 9.10. The van der Waals surface area contributed by atoms with E-state index in [0.29, 0.717) is 11.3 Å². The topological polar surface area (TPSA) is 140 Å². The Balaban J connectivity index is 1.72. The summed E-state index contributed by atoms with van der Waals surface area (Å²) in [6.45, 7) is 1.53. The van der Waals surface area contributed by atoms with Crippen molar-refractivity contribution in [3.8, 4) is 5.75 Å². The molecule has 172 valence electrons. The van der Waals surface area contributed by atoms with Crippen LogP contribution in [-0.4, -0.2) is 28.4 Å². The lowest BCUT2D eigenvalue weighted by Crippen LogP contribution is -2.33. The molecule has 0 aliphatic rings. The Bertz CT molecular complexity index is 1290. The number of nitrogens with one attached hydrogen (secondary N) is 2. The molecule has 0 saturated carbocycles. The van der Waals surface area contributed by atoms with E-state index in [0.717, 1.165) is 4.47 Å². The minimum atomic E-state index is -1.00. The summed E-state index contributed by atoms with van der Waals surface area (Å²) in [5, 5.41) is 17.5. The number of rotatable bonds is 6. The molecule has 0 heterocycles. The number of nitro groups is 1. The van der Waals surface area contributed by atoms with Gasteiger partial charge in [-0.05, 0) is 49.4 Å². The second-order valence-electron chi connectivity index (χ2n) is 6.76. The molecule has 2 N–H and O–H groups in total. The van der Waals surface area contributed by atoms with Gasteiger partial charge in [0.05, 0.1) is 10.6 Å². The van der Waals surface area contributed by atoms with Gasteiger partial charge in [-0.2, -0.15) is 5.10 Å². The van der Waals surface area contributed by atoms with E-state index in [-0.39, 0.29) is 22.7 Å². The predicted octanol–water partition coefficient (Wildman–Crippen LogP) is 4.06. The summed E-state index contributed by atoms with van der Waals surface area (Å²) in [6, 6.07) is 18.4. The third-order valence-electron chi connectivity index (χ3n) is 4.43. The molecule has 10 nitrogen and oxygen atoms in total. The number of nitrogens with zero attached hydrogens (tertiary/aromatic N) is 2. The van der Waals surface area contributed by atoms with Gasteiger partial charge in [0, 0.05) is 21.8 Å². The van der Waals surface area contributed by atoms with Crippen molar-refractivity contribution >= 4 is 50.8 Å². The second-order valence-corrected chi connectivity index (χ2v) is 7.67. The van der Waals surface area contributed by atoms with Crippen LogP contribution in [0.3, 0.4) is 0 Å². The Morgan fingerprint density at radius 1 is 0.912 bits per heavy atom.